The lowest BCUT2D eigenvalue weighted by Gasteiger charge is -2.33. The molecular weight excluding hydrogens is 538 g/mol. The zero-order valence-corrected chi connectivity index (χ0v) is 21.1. The van der Waals surface area contributed by atoms with E-state index in [9.17, 15) is 31.1 Å². The number of nitrogens with one attached hydrogen (secondary N) is 2. The van der Waals surface area contributed by atoms with Gasteiger partial charge in [-0.05, 0) is 48.9 Å². The van der Waals surface area contributed by atoms with Crippen LogP contribution in [-0.4, -0.2) is 55.8 Å². The van der Waals surface area contributed by atoms with Crippen LogP contribution in [0.3, 0.4) is 0 Å². The van der Waals surface area contributed by atoms with Crippen LogP contribution in [-0.2, 0) is 16.2 Å². The highest BCUT2D eigenvalue weighted by atomic mass is 35.5. The molecule has 0 bridgehead atoms. The van der Waals surface area contributed by atoms with E-state index in [0.717, 1.165) is 18.2 Å². The van der Waals surface area contributed by atoms with Gasteiger partial charge in [-0.2, -0.15) is 21.6 Å². The highest BCUT2D eigenvalue weighted by Gasteiger charge is 2.35. The van der Waals surface area contributed by atoms with Crippen LogP contribution < -0.4 is 14.9 Å². The molecule has 0 aliphatic carbocycles. The van der Waals surface area contributed by atoms with Crippen LogP contribution in [0.4, 0.5) is 29.2 Å². The van der Waals surface area contributed by atoms with Crippen molar-refractivity contribution >= 4 is 34.1 Å². The zero-order valence-electron chi connectivity index (χ0n) is 19.5. The number of aryl methyl sites for hydroxylation is 1. The number of aromatic nitrogens is 2. The Labute approximate surface area is 217 Å². The van der Waals surface area contributed by atoms with Gasteiger partial charge in [0, 0.05) is 31.2 Å². The molecule has 200 valence electrons. The molecule has 1 aliphatic heterocycles. The second kappa shape index (κ2) is 11.2. The molecule has 0 amide bonds. The average molecular weight is 562 g/mol. The van der Waals surface area contributed by atoms with Crippen LogP contribution >= 0.6 is 12.4 Å². The van der Waals surface area contributed by atoms with Gasteiger partial charge in [0.15, 0.2) is 5.03 Å². The number of sulfonamides is 1. The van der Waals surface area contributed by atoms with Gasteiger partial charge in [0.05, 0.1) is 17.9 Å². The lowest BCUT2D eigenvalue weighted by atomic mass is 10.0. The first-order valence-corrected chi connectivity index (χ1v) is 12.4. The van der Waals surface area contributed by atoms with Crippen molar-refractivity contribution in [3.63, 3.8) is 0 Å². The molecule has 1 aliphatic rings. The third-order valence-electron chi connectivity index (χ3n) is 5.68. The van der Waals surface area contributed by atoms with Crippen LogP contribution in [0.2, 0.25) is 0 Å². The standard InChI is InChI=1S/C23H23F4N5O3S.ClH/c1-14-5-6-15(24)11-17(14)22-18(23(25,26)27)7-8-19(29-22)31-36(34,35)21-4-2-3-20(30-21)32-10-9-28-16(12-32)13-33;/h2-8,11,16,28,33H,9-10,12-13H2,1H3,(H,29,31);1H/t16-;/m0./s1. The fraction of sp³-hybridized carbons (Fsp3) is 0.304. The summed E-state index contributed by atoms with van der Waals surface area (Å²) in [6.45, 7) is 2.93. The Morgan fingerprint density at radius 1 is 1.16 bits per heavy atom. The molecule has 1 fully saturated rings. The van der Waals surface area contributed by atoms with Gasteiger partial charge in [-0.25, -0.2) is 14.4 Å². The summed E-state index contributed by atoms with van der Waals surface area (Å²) in [5.41, 5.74) is -1.50. The number of piperazine rings is 1. The maximum absolute atomic E-state index is 13.8. The summed E-state index contributed by atoms with van der Waals surface area (Å²) >= 11 is 0. The number of pyridine rings is 2. The molecule has 0 radical (unpaired) electrons. The van der Waals surface area contributed by atoms with Crippen LogP contribution in [0.25, 0.3) is 11.3 Å². The van der Waals surface area contributed by atoms with E-state index in [1.807, 2.05) is 4.90 Å². The number of alkyl halides is 3. The second-order valence-electron chi connectivity index (χ2n) is 8.27. The SMILES string of the molecule is Cc1ccc(F)cc1-c1nc(NS(=O)(=O)c2cccc(N3CCN[C@H](CO)C3)n2)ccc1C(F)(F)F.Cl. The topological polar surface area (TPSA) is 107 Å². The van der Waals surface area contributed by atoms with Crippen molar-refractivity contribution in [2.45, 2.75) is 24.2 Å². The number of hydrogen-bond acceptors (Lipinski definition) is 7. The predicted octanol–water partition coefficient (Wildman–Crippen LogP) is 3.60. The Morgan fingerprint density at radius 3 is 2.62 bits per heavy atom. The van der Waals surface area contributed by atoms with Gasteiger partial charge in [-0.15, -0.1) is 12.4 Å². The summed E-state index contributed by atoms with van der Waals surface area (Å²) in [6.07, 6.45) is -4.80. The lowest BCUT2D eigenvalue weighted by molar-refractivity contribution is -0.137. The van der Waals surface area contributed by atoms with E-state index in [1.165, 1.54) is 25.1 Å². The summed E-state index contributed by atoms with van der Waals surface area (Å²) in [7, 11) is -4.33. The molecule has 8 nitrogen and oxygen atoms in total. The van der Waals surface area contributed by atoms with Gasteiger partial charge in [-0.3, -0.25) is 4.72 Å². The van der Waals surface area contributed by atoms with Gasteiger partial charge in [0.1, 0.15) is 17.5 Å². The molecule has 0 spiro atoms. The van der Waals surface area contributed by atoms with Crippen molar-refractivity contribution in [1.82, 2.24) is 15.3 Å². The Hall–Kier alpha value is -3.00. The first-order valence-electron chi connectivity index (χ1n) is 10.9. The van der Waals surface area contributed by atoms with Crippen LogP contribution in [0.5, 0.6) is 0 Å². The monoisotopic (exact) mass is 561 g/mol. The molecule has 1 atom stereocenters. The average Bonchev–Trinajstić information content (AvgIpc) is 2.84. The van der Waals surface area contributed by atoms with E-state index in [2.05, 4.69) is 20.0 Å². The minimum atomic E-state index is -4.80. The Morgan fingerprint density at radius 2 is 1.92 bits per heavy atom. The number of aliphatic hydroxyl groups is 1. The fourth-order valence-corrected chi connectivity index (χ4v) is 4.84. The minimum absolute atomic E-state index is 0. The van der Waals surface area contributed by atoms with Crippen LogP contribution in [0.15, 0.2) is 53.6 Å². The zero-order chi connectivity index (χ0) is 26.1. The summed E-state index contributed by atoms with van der Waals surface area (Å²) in [5.74, 6) is -0.764. The molecule has 3 heterocycles. The molecule has 37 heavy (non-hydrogen) atoms. The normalized spacial score (nSPS) is 16.3. The first kappa shape index (κ1) is 28.6. The molecule has 0 saturated carbocycles. The third kappa shape index (κ3) is 6.47. The lowest BCUT2D eigenvalue weighted by Crippen LogP contribution is -2.52. The van der Waals surface area contributed by atoms with Crippen molar-refractivity contribution in [1.29, 1.82) is 0 Å². The number of rotatable bonds is 6. The number of benzene rings is 1. The molecule has 2 aromatic heterocycles. The van der Waals surface area contributed by atoms with Gasteiger partial charge in [0.25, 0.3) is 10.0 Å². The molecular formula is C23H24ClF4N5O3S. The molecule has 1 aromatic carbocycles. The van der Waals surface area contributed by atoms with E-state index < -0.39 is 33.3 Å². The smallest absolute Gasteiger partial charge is 0.395 e. The molecule has 0 unspecified atom stereocenters. The Kier molecular flexibility index (Phi) is 8.63. The summed E-state index contributed by atoms with van der Waals surface area (Å²) in [6, 6.07) is 9.11. The highest BCUT2D eigenvalue weighted by Crippen LogP contribution is 2.38. The largest absolute Gasteiger partial charge is 0.418 e. The predicted molar refractivity (Wildman–Crippen MR) is 133 cm³/mol. The third-order valence-corrected chi connectivity index (χ3v) is 6.93. The Bertz CT molecular complexity index is 1370. The number of hydrogen-bond donors (Lipinski definition) is 3. The summed E-state index contributed by atoms with van der Waals surface area (Å²) < 4.78 is 83.1. The maximum Gasteiger partial charge on any atom is 0.418 e. The van der Waals surface area contributed by atoms with E-state index in [4.69, 9.17) is 0 Å². The highest BCUT2D eigenvalue weighted by molar-refractivity contribution is 7.92. The van der Waals surface area contributed by atoms with Crippen molar-refractivity contribution < 1.29 is 31.1 Å². The van der Waals surface area contributed by atoms with Gasteiger partial charge >= 0.3 is 6.18 Å². The number of aliphatic hydroxyl groups excluding tert-OH is 1. The minimum Gasteiger partial charge on any atom is -0.395 e. The second-order valence-corrected chi connectivity index (χ2v) is 9.90. The molecule has 3 aromatic rings. The fourth-order valence-electron chi connectivity index (χ4n) is 3.87. The molecule has 4 rings (SSSR count). The van der Waals surface area contributed by atoms with E-state index in [0.29, 0.717) is 37.1 Å². The van der Waals surface area contributed by atoms with Crippen molar-refractivity contribution in [2.75, 3.05) is 35.9 Å². The van der Waals surface area contributed by atoms with E-state index in [-0.39, 0.29) is 41.5 Å². The molecule has 3 N–H and O–H groups in total. The number of nitrogens with zero attached hydrogens (tertiary/aromatic N) is 3. The molecule has 14 heteroatoms. The Balaban J connectivity index is 0.00000380. The first-order chi connectivity index (χ1) is 17.0. The van der Waals surface area contributed by atoms with E-state index in [1.54, 1.807) is 6.07 Å². The van der Waals surface area contributed by atoms with Gasteiger partial charge < -0.3 is 15.3 Å². The van der Waals surface area contributed by atoms with Crippen LogP contribution in [0, 0.1) is 12.7 Å². The maximum atomic E-state index is 13.8. The van der Waals surface area contributed by atoms with Crippen LogP contribution in [0.1, 0.15) is 11.1 Å². The van der Waals surface area contributed by atoms with Crippen molar-refractivity contribution in [3.05, 3.63) is 65.5 Å². The summed E-state index contributed by atoms with van der Waals surface area (Å²) in [5, 5.41) is 12.2. The van der Waals surface area contributed by atoms with Gasteiger partial charge in [0.2, 0.25) is 0 Å². The summed E-state index contributed by atoms with van der Waals surface area (Å²) in [4.78, 5) is 9.93. The number of halogens is 5. The van der Waals surface area contributed by atoms with Crippen molar-refractivity contribution in [2.24, 2.45) is 0 Å². The quantitative estimate of drug-likeness (QED) is 0.395. The number of anilines is 2. The van der Waals surface area contributed by atoms with Gasteiger partial charge in [-0.1, -0.05) is 12.1 Å². The van der Waals surface area contributed by atoms with E-state index >= 15 is 0 Å². The molecule has 1 saturated heterocycles. The van der Waals surface area contributed by atoms with Crippen molar-refractivity contribution in [3.8, 4) is 11.3 Å².